The Morgan fingerprint density at radius 1 is 0.900 bits per heavy atom. The summed E-state index contributed by atoms with van der Waals surface area (Å²) >= 11 is 0. The highest BCUT2D eigenvalue weighted by atomic mass is 19.4. The maximum absolute atomic E-state index is 12.4. The number of carbonyl (C=O) groups is 3. The highest BCUT2D eigenvalue weighted by Gasteiger charge is 2.31. The first-order valence-corrected chi connectivity index (χ1v) is 11.7. The number of rotatable bonds is 11. The molecule has 0 aliphatic heterocycles. The number of benzene rings is 3. The van der Waals surface area contributed by atoms with Crippen molar-refractivity contribution >= 4 is 23.4 Å². The van der Waals surface area contributed by atoms with Gasteiger partial charge in [0, 0.05) is 17.8 Å². The molecule has 0 saturated heterocycles. The van der Waals surface area contributed by atoms with Crippen molar-refractivity contribution in [2.24, 2.45) is 5.73 Å². The standard InChI is InChI=1S/C26H26F3N5O6/c27-26(28,29)40-20-11-1-15(2-12-20)13-31-14-21(35)32-19-9-7-17(8-10-19)16-3-5-18(6-4-16)24(37)33-22(23(30)36)25(38)34-39/h1-12,22-23,31,36,39H,13-14,30H2,(H,32,35)(H,33,37)(H,34,38)/t22-,23-/m0/s1. The number of aliphatic hydroxyl groups is 1. The van der Waals surface area contributed by atoms with Gasteiger partial charge in [0.1, 0.15) is 18.0 Å². The van der Waals surface area contributed by atoms with E-state index in [1.165, 1.54) is 41.9 Å². The molecule has 0 radical (unpaired) electrons. The first-order chi connectivity index (χ1) is 18.9. The summed E-state index contributed by atoms with van der Waals surface area (Å²) in [6.45, 7) is 0.225. The number of nitrogens with one attached hydrogen (secondary N) is 4. The molecule has 0 heterocycles. The topological polar surface area (TPSA) is 175 Å². The predicted octanol–water partition coefficient (Wildman–Crippen LogP) is 1.86. The second kappa shape index (κ2) is 13.5. The SMILES string of the molecule is N[C@@H](O)[C@H](NC(=O)c1ccc(-c2ccc(NC(=O)CNCc3ccc(OC(F)(F)F)cc3)cc2)cc1)C(=O)NO. The predicted molar refractivity (Wildman–Crippen MR) is 137 cm³/mol. The van der Waals surface area contributed by atoms with Crippen LogP contribution in [-0.2, 0) is 16.1 Å². The van der Waals surface area contributed by atoms with E-state index < -0.39 is 30.4 Å². The Morgan fingerprint density at radius 2 is 1.48 bits per heavy atom. The maximum Gasteiger partial charge on any atom is 0.573 e. The summed E-state index contributed by atoms with van der Waals surface area (Å²) < 4.78 is 40.5. The van der Waals surface area contributed by atoms with Crippen LogP contribution in [0.1, 0.15) is 15.9 Å². The minimum Gasteiger partial charge on any atom is -0.406 e. The third-order valence-electron chi connectivity index (χ3n) is 5.44. The van der Waals surface area contributed by atoms with Gasteiger partial charge in [-0.1, -0.05) is 36.4 Å². The number of aliphatic hydroxyl groups excluding tert-OH is 1. The molecule has 3 aromatic carbocycles. The van der Waals surface area contributed by atoms with E-state index in [0.29, 0.717) is 11.3 Å². The van der Waals surface area contributed by atoms with Crippen molar-refractivity contribution in [1.82, 2.24) is 16.1 Å². The Balaban J connectivity index is 1.48. The quantitative estimate of drug-likeness (QED) is 0.105. The van der Waals surface area contributed by atoms with Crippen LogP contribution in [0.15, 0.2) is 72.8 Å². The molecular formula is C26H26F3N5O6. The third kappa shape index (κ3) is 9.06. The number of carbonyl (C=O) groups excluding carboxylic acids is 3. The van der Waals surface area contributed by atoms with E-state index >= 15 is 0 Å². The summed E-state index contributed by atoms with van der Waals surface area (Å²) in [6, 6.07) is 17.0. The van der Waals surface area contributed by atoms with E-state index in [-0.39, 0.29) is 30.3 Å². The average Bonchev–Trinajstić information content (AvgIpc) is 2.91. The zero-order valence-corrected chi connectivity index (χ0v) is 20.7. The molecule has 0 aliphatic rings. The first-order valence-electron chi connectivity index (χ1n) is 11.7. The fourth-order valence-electron chi connectivity index (χ4n) is 3.49. The van der Waals surface area contributed by atoms with Crippen molar-refractivity contribution in [3.8, 4) is 16.9 Å². The molecule has 0 unspecified atom stereocenters. The molecular weight excluding hydrogens is 535 g/mol. The fraction of sp³-hybridized carbons (Fsp3) is 0.192. The second-order valence-electron chi connectivity index (χ2n) is 8.42. The molecule has 2 atom stereocenters. The summed E-state index contributed by atoms with van der Waals surface area (Å²) in [6.07, 6.45) is -6.49. The van der Waals surface area contributed by atoms with Crippen LogP contribution in [0.4, 0.5) is 18.9 Å². The lowest BCUT2D eigenvalue weighted by atomic mass is 10.0. The number of hydrogen-bond donors (Lipinski definition) is 7. The van der Waals surface area contributed by atoms with Gasteiger partial charge in [-0.15, -0.1) is 13.2 Å². The zero-order valence-electron chi connectivity index (χ0n) is 20.7. The van der Waals surface area contributed by atoms with Crippen LogP contribution in [0, 0.1) is 0 Å². The Bertz CT molecular complexity index is 1300. The van der Waals surface area contributed by atoms with Gasteiger partial charge in [-0.3, -0.25) is 19.6 Å². The van der Waals surface area contributed by atoms with Crippen LogP contribution in [-0.4, -0.2) is 53.2 Å². The zero-order chi connectivity index (χ0) is 29.3. The van der Waals surface area contributed by atoms with E-state index in [4.69, 9.17) is 10.9 Å². The van der Waals surface area contributed by atoms with Crippen LogP contribution >= 0.6 is 0 Å². The van der Waals surface area contributed by atoms with Gasteiger partial charge in [0.05, 0.1) is 6.54 Å². The summed E-state index contributed by atoms with van der Waals surface area (Å²) in [5, 5.41) is 26.0. The summed E-state index contributed by atoms with van der Waals surface area (Å²) in [4.78, 5) is 36.1. The van der Waals surface area contributed by atoms with Crippen molar-refractivity contribution < 1.29 is 42.6 Å². The molecule has 11 nitrogen and oxygen atoms in total. The van der Waals surface area contributed by atoms with Crippen molar-refractivity contribution in [3.63, 3.8) is 0 Å². The summed E-state index contributed by atoms with van der Waals surface area (Å²) in [7, 11) is 0. The monoisotopic (exact) mass is 561 g/mol. The van der Waals surface area contributed by atoms with Gasteiger partial charge in [-0.2, -0.15) is 0 Å². The van der Waals surface area contributed by atoms with Gasteiger partial charge in [-0.05, 0) is 53.1 Å². The van der Waals surface area contributed by atoms with Gasteiger partial charge in [0.2, 0.25) is 5.91 Å². The minimum absolute atomic E-state index is 0.0336. The van der Waals surface area contributed by atoms with Gasteiger partial charge in [0.25, 0.3) is 11.8 Å². The van der Waals surface area contributed by atoms with E-state index in [0.717, 1.165) is 11.1 Å². The van der Waals surface area contributed by atoms with Crippen molar-refractivity contribution in [3.05, 3.63) is 83.9 Å². The van der Waals surface area contributed by atoms with E-state index in [1.54, 1.807) is 36.4 Å². The van der Waals surface area contributed by atoms with Gasteiger partial charge < -0.3 is 31.5 Å². The number of ether oxygens (including phenoxy) is 1. The van der Waals surface area contributed by atoms with E-state index in [1.807, 2.05) is 0 Å². The lowest BCUT2D eigenvalue weighted by Crippen LogP contribution is -2.55. The molecule has 0 spiro atoms. The number of nitrogens with two attached hydrogens (primary N) is 1. The molecule has 0 fully saturated rings. The summed E-state index contributed by atoms with van der Waals surface area (Å²) in [5.41, 5.74) is 9.51. The number of alkyl halides is 3. The van der Waals surface area contributed by atoms with Gasteiger partial charge >= 0.3 is 6.36 Å². The van der Waals surface area contributed by atoms with Gasteiger partial charge in [0.15, 0.2) is 0 Å². The second-order valence-corrected chi connectivity index (χ2v) is 8.42. The van der Waals surface area contributed by atoms with E-state index in [9.17, 15) is 32.7 Å². The number of anilines is 1. The third-order valence-corrected chi connectivity index (χ3v) is 5.44. The molecule has 212 valence electrons. The molecule has 14 heteroatoms. The Hall–Kier alpha value is -4.50. The van der Waals surface area contributed by atoms with Gasteiger partial charge in [-0.25, -0.2) is 5.48 Å². The number of halogens is 3. The van der Waals surface area contributed by atoms with Crippen LogP contribution < -0.4 is 31.9 Å². The van der Waals surface area contributed by atoms with Crippen molar-refractivity contribution in [2.45, 2.75) is 25.2 Å². The minimum atomic E-state index is -4.76. The average molecular weight is 562 g/mol. The molecule has 3 rings (SSSR count). The van der Waals surface area contributed by atoms with Crippen molar-refractivity contribution in [1.29, 1.82) is 0 Å². The first kappa shape index (κ1) is 30.0. The smallest absolute Gasteiger partial charge is 0.406 e. The summed E-state index contributed by atoms with van der Waals surface area (Å²) in [5.74, 6) is -2.42. The highest BCUT2D eigenvalue weighted by molar-refractivity contribution is 5.98. The maximum atomic E-state index is 12.4. The molecule has 0 saturated carbocycles. The molecule has 40 heavy (non-hydrogen) atoms. The number of hydroxylamine groups is 1. The highest BCUT2D eigenvalue weighted by Crippen LogP contribution is 2.23. The molecule has 3 amide bonds. The lowest BCUT2D eigenvalue weighted by molar-refractivity contribution is -0.274. The molecule has 0 aromatic heterocycles. The molecule has 3 aromatic rings. The Labute approximate surface area is 226 Å². The molecule has 0 bridgehead atoms. The number of amides is 3. The lowest BCUT2D eigenvalue weighted by Gasteiger charge is -2.19. The van der Waals surface area contributed by atoms with Crippen LogP contribution in [0.25, 0.3) is 11.1 Å². The van der Waals surface area contributed by atoms with Crippen LogP contribution in [0.2, 0.25) is 0 Å². The normalized spacial score (nSPS) is 12.7. The van der Waals surface area contributed by atoms with Crippen molar-refractivity contribution in [2.75, 3.05) is 11.9 Å². The fourth-order valence-corrected chi connectivity index (χ4v) is 3.49. The van der Waals surface area contributed by atoms with Crippen LogP contribution in [0.5, 0.6) is 5.75 Å². The Morgan fingerprint density at radius 3 is 2.00 bits per heavy atom. The largest absolute Gasteiger partial charge is 0.573 e. The molecule has 0 aliphatic carbocycles. The van der Waals surface area contributed by atoms with Crippen LogP contribution in [0.3, 0.4) is 0 Å². The molecule has 8 N–H and O–H groups in total. The van der Waals surface area contributed by atoms with E-state index in [2.05, 4.69) is 20.7 Å². The number of hydrogen-bond acceptors (Lipinski definition) is 8. The Kier molecular flexibility index (Phi) is 10.2.